The predicted octanol–water partition coefficient (Wildman–Crippen LogP) is 2.42. The topological polar surface area (TPSA) is 35.2 Å². The van der Waals surface area contributed by atoms with Crippen molar-refractivity contribution >= 4 is 0 Å². The molecule has 2 heteroatoms. The Kier molecular flexibility index (Phi) is 2.46. The lowest BCUT2D eigenvalue weighted by Gasteiger charge is -2.12. The summed E-state index contributed by atoms with van der Waals surface area (Å²) in [5.74, 6) is 1.04. The minimum absolute atomic E-state index is 0.0569. The Morgan fingerprint density at radius 2 is 2.14 bits per heavy atom. The first-order valence-corrected chi connectivity index (χ1v) is 5.32. The number of hydrogen-bond acceptors (Lipinski definition) is 2. The third-order valence-electron chi connectivity index (χ3n) is 2.94. The van der Waals surface area contributed by atoms with Crippen LogP contribution in [0.15, 0.2) is 18.2 Å². The van der Waals surface area contributed by atoms with Crippen molar-refractivity contribution in [2.75, 3.05) is 0 Å². The Bertz CT molecular complexity index is 335. The standard InChI is InChI=1S/C12H17NO/c1-3-8-6-5-7-9-11(13)10(4-2)14-12(8)9/h5-7,10-11H,3-4,13H2,1-2H3. The van der Waals surface area contributed by atoms with Crippen LogP contribution in [-0.4, -0.2) is 6.10 Å². The maximum Gasteiger partial charge on any atom is 0.127 e. The summed E-state index contributed by atoms with van der Waals surface area (Å²) < 4.78 is 5.87. The third kappa shape index (κ3) is 1.30. The highest BCUT2D eigenvalue weighted by Crippen LogP contribution is 2.38. The first-order valence-electron chi connectivity index (χ1n) is 5.32. The lowest BCUT2D eigenvalue weighted by Crippen LogP contribution is -2.24. The summed E-state index contributed by atoms with van der Waals surface area (Å²) in [4.78, 5) is 0. The van der Waals surface area contributed by atoms with Crippen molar-refractivity contribution in [3.8, 4) is 5.75 Å². The highest BCUT2D eigenvalue weighted by molar-refractivity contribution is 5.46. The van der Waals surface area contributed by atoms with Gasteiger partial charge in [0.1, 0.15) is 11.9 Å². The van der Waals surface area contributed by atoms with Crippen molar-refractivity contribution in [1.29, 1.82) is 0 Å². The zero-order chi connectivity index (χ0) is 10.1. The molecule has 0 amide bonds. The molecule has 0 saturated carbocycles. The molecular weight excluding hydrogens is 174 g/mol. The van der Waals surface area contributed by atoms with Gasteiger partial charge >= 0.3 is 0 Å². The number of ether oxygens (including phenoxy) is 1. The Hall–Kier alpha value is -1.02. The van der Waals surface area contributed by atoms with Crippen LogP contribution >= 0.6 is 0 Å². The Morgan fingerprint density at radius 3 is 2.79 bits per heavy atom. The smallest absolute Gasteiger partial charge is 0.127 e. The maximum absolute atomic E-state index is 6.10. The van der Waals surface area contributed by atoms with Crippen LogP contribution in [0.4, 0.5) is 0 Å². The van der Waals surface area contributed by atoms with E-state index < -0.39 is 0 Å². The van der Waals surface area contributed by atoms with E-state index in [0.29, 0.717) is 0 Å². The Labute approximate surface area is 85.1 Å². The van der Waals surface area contributed by atoms with Gasteiger partial charge < -0.3 is 10.5 Å². The number of fused-ring (bicyclic) bond motifs is 1. The van der Waals surface area contributed by atoms with Crippen molar-refractivity contribution in [3.05, 3.63) is 29.3 Å². The third-order valence-corrected chi connectivity index (χ3v) is 2.94. The molecule has 2 N–H and O–H groups in total. The van der Waals surface area contributed by atoms with E-state index in [-0.39, 0.29) is 12.1 Å². The number of para-hydroxylation sites is 1. The second kappa shape index (κ2) is 3.62. The van der Waals surface area contributed by atoms with Crippen LogP contribution in [0.3, 0.4) is 0 Å². The molecule has 1 aromatic carbocycles. The second-order valence-corrected chi connectivity index (χ2v) is 3.78. The van der Waals surface area contributed by atoms with Crippen molar-refractivity contribution in [1.82, 2.24) is 0 Å². The molecule has 1 aliphatic heterocycles. The van der Waals surface area contributed by atoms with Gasteiger partial charge in [-0.15, -0.1) is 0 Å². The zero-order valence-electron chi connectivity index (χ0n) is 8.79. The van der Waals surface area contributed by atoms with Gasteiger partial charge in [-0.25, -0.2) is 0 Å². The molecule has 2 atom stereocenters. The van der Waals surface area contributed by atoms with Gasteiger partial charge in [-0.1, -0.05) is 32.0 Å². The molecule has 0 saturated heterocycles. The van der Waals surface area contributed by atoms with Crippen LogP contribution in [0, 0.1) is 0 Å². The minimum atomic E-state index is 0.0569. The Morgan fingerprint density at radius 1 is 1.36 bits per heavy atom. The van der Waals surface area contributed by atoms with Gasteiger partial charge in [0.25, 0.3) is 0 Å². The molecular formula is C12H17NO. The first kappa shape index (κ1) is 9.53. The lowest BCUT2D eigenvalue weighted by atomic mass is 10.0. The quantitative estimate of drug-likeness (QED) is 0.779. The summed E-state index contributed by atoms with van der Waals surface area (Å²) in [6, 6.07) is 6.32. The van der Waals surface area contributed by atoms with E-state index in [0.717, 1.165) is 18.6 Å². The average molecular weight is 191 g/mol. The first-order chi connectivity index (χ1) is 6.77. The molecule has 1 heterocycles. The molecule has 0 fully saturated rings. The molecule has 1 aliphatic rings. The number of benzene rings is 1. The summed E-state index contributed by atoms with van der Waals surface area (Å²) in [6.07, 6.45) is 2.14. The van der Waals surface area contributed by atoms with Gasteiger partial charge in [0.15, 0.2) is 0 Å². The van der Waals surface area contributed by atoms with Crippen LogP contribution in [0.5, 0.6) is 5.75 Å². The number of aryl methyl sites for hydroxylation is 1. The van der Waals surface area contributed by atoms with E-state index >= 15 is 0 Å². The maximum atomic E-state index is 6.10. The summed E-state index contributed by atoms with van der Waals surface area (Å²) in [6.45, 7) is 4.26. The molecule has 14 heavy (non-hydrogen) atoms. The summed E-state index contributed by atoms with van der Waals surface area (Å²) in [5, 5.41) is 0. The monoisotopic (exact) mass is 191 g/mol. The minimum Gasteiger partial charge on any atom is -0.488 e. The van der Waals surface area contributed by atoms with Crippen LogP contribution < -0.4 is 10.5 Å². The molecule has 1 aromatic rings. The fourth-order valence-electron chi connectivity index (χ4n) is 2.05. The summed E-state index contributed by atoms with van der Waals surface area (Å²) in [7, 11) is 0. The van der Waals surface area contributed by atoms with E-state index in [9.17, 15) is 0 Å². The molecule has 76 valence electrons. The number of rotatable bonds is 2. The van der Waals surface area contributed by atoms with Crippen LogP contribution in [0.2, 0.25) is 0 Å². The van der Waals surface area contributed by atoms with Gasteiger partial charge in [-0.05, 0) is 18.4 Å². The molecule has 2 unspecified atom stereocenters. The van der Waals surface area contributed by atoms with Gasteiger partial charge in [0, 0.05) is 5.56 Å². The van der Waals surface area contributed by atoms with Crippen molar-refractivity contribution < 1.29 is 4.74 Å². The van der Waals surface area contributed by atoms with Crippen molar-refractivity contribution in [2.24, 2.45) is 5.73 Å². The van der Waals surface area contributed by atoms with E-state index in [1.165, 1.54) is 11.1 Å². The van der Waals surface area contributed by atoms with Crippen molar-refractivity contribution in [3.63, 3.8) is 0 Å². The van der Waals surface area contributed by atoms with E-state index in [1.54, 1.807) is 0 Å². The molecule has 0 spiro atoms. The second-order valence-electron chi connectivity index (χ2n) is 3.78. The normalized spacial score (nSPS) is 24.5. The van der Waals surface area contributed by atoms with E-state index in [2.05, 4.69) is 32.0 Å². The average Bonchev–Trinajstić information content (AvgIpc) is 2.55. The van der Waals surface area contributed by atoms with Crippen LogP contribution in [-0.2, 0) is 6.42 Å². The fraction of sp³-hybridized carbons (Fsp3) is 0.500. The zero-order valence-corrected chi connectivity index (χ0v) is 8.79. The van der Waals surface area contributed by atoms with Gasteiger partial charge in [-0.2, -0.15) is 0 Å². The highest BCUT2D eigenvalue weighted by Gasteiger charge is 2.31. The van der Waals surface area contributed by atoms with Crippen molar-refractivity contribution in [2.45, 2.75) is 38.8 Å². The Balaban J connectivity index is 2.42. The van der Waals surface area contributed by atoms with Crippen LogP contribution in [0.25, 0.3) is 0 Å². The molecule has 2 rings (SSSR count). The summed E-state index contributed by atoms with van der Waals surface area (Å²) in [5.41, 5.74) is 8.55. The van der Waals surface area contributed by atoms with Gasteiger partial charge in [0.2, 0.25) is 0 Å². The predicted molar refractivity (Wildman–Crippen MR) is 57.5 cm³/mol. The van der Waals surface area contributed by atoms with E-state index in [4.69, 9.17) is 10.5 Å². The van der Waals surface area contributed by atoms with Gasteiger partial charge in [-0.3, -0.25) is 0 Å². The molecule has 0 radical (unpaired) electrons. The largest absolute Gasteiger partial charge is 0.488 e. The lowest BCUT2D eigenvalue weighted by molar-refractivity contribution is 0.201. The summed E-state index contributed by atoms with van der Waals surface area (Å²) >= 11 is 0. The van der Waals surface area contributed by atoms with Gasteiger partial charge in [0.05, 0.1) is 6.04 Å². The molecule has 0 aromatic heterocycles. The number of hydrogen-bond donors (Lipinski definition) is 1. The fourth-order valence-corrected chi connectivity index (χ4v) is 2.05. The van der Waals surface area contributed by atoms with E-state index in [1.807, 2.05) is 0 Å². The molecule has 0 aliphatic carbocycles. The highest BCUT2D eigenvalue weighted by atomic mass is 16.5. The SMILES string of the molecule is CCc1cccc2c1OC(CC)C2N. The van der Waals surface area contributed by atoms with Crippen LogP contribution in [0.1, 0.15) is 37.4 Å². The number of nitrogens with two attached hydrogens (primary N) is 1. The molecule has 0 bridgehead atoms. The molecule has 2 nitrogen and oxygen atoms in total.